The predicted octanol–water partition coefficient (Wildman–Crippen LogP) is 4.39. The van der Waals surface area contributed by atoms with E-state index in [1.165, 1.54) is 12.0 Å². The van der Waals surface area contributed by atoms with Gasteiger partial charge in [0, 0.05) is 38.7 Å². The first-order chi connectivity index (χ1) is 16.7. The Balaban J connectivity index is 1.92. The number of amides is 1. The number of methoxy groups -OCH3 is 1. The third-order valence-corrected chi connectivity index (χ3v) is 6.22. The summed E-state index contributed by atoms with van der Waals surface area (Å²) in [5, 5.41) is 11.5. The zero-order valence-electron chi connectivity index (χ0n) is 20.6. The van der Waals surface area contributed by atoms with Gasteiger partial charge in [0.15, 0.2) is 0 Å². The second kappa shape index (κ2) is 9.62. The number of ketones is 1. The summed E-state index contributed by atoms with van der Waals surface area (Å²) in [4.78, 5) is 34.2. The highest BCUT2D eigenvalue weighted by Gasteiger charge is 2.46. The van der Waals surface area contributed by atoms with E-state index in [0.29, 0.717) is 11.3 Å². The van der Waals surface area contributed by atoms with Gasteiger partial charge in [0.2, 0.25) is 0 Å². The summed E-state index contributed by atoms with van der Waals surface area (Å²) in [6, 6.07) is 14.2. The van der Waals surface area contributed by atoms with Crippen LogP contribution in [0.1, 0.15) is 33.9 Å². The van der Waals surface area contributed by atoms with Crippen LogP contribution in [0.15, 0.2) is 66.5 Å². The van der Waals surface area contributed by atoms with E-state index in [9.17, 15) is 14.7 Å². The molecule has 2 heterocycles. The highest BCUT2D eigenvalue weighted by Crippen LogP contribution is 2.42. The maximum absolute atomic E-state index is 13.4. The van der Waals surface area contributed by atoms with Crippen molar-refractivity contribution in [1.29, 1.82) is 0 Å². The molecular weight excluding hydrogens is 442 g/mol. The van der Waals surface area contributed by atoms with Crippen molar-refractivity contribution in [2.45, 2.75) is 26.4 Å². The number of likely N-dealkylation sites (tertiary alicyclic amines) is 1. The largest absolute Gasteiger partial charge is 0.507 e. The van der Waals surface area contributed by atoms with Crippen LogP contribution < -0.4 is 9.64 Å². The van der Waals surface area contributed by atoms with Gasteiger partial charge in [-0.25, -0.2) is 0 Å². The molecule has 7 heteroatoms. The molecule has 1 unspecified atom stereocenters. The van der Waals surface area contributed by atoms with Gasteiger partial charge in [0.1, 0.15) is 11.5 Å². The van der Waals surface area contributed by atoms with Crippen molar-refractivity contribution in [3.05, 3.63) is 94.3 Å². The molecule has 35 heavy (non-hydrogen) atoms. The lowest BCUT2D eigenvalue weighted by atomic mass is 9.93. The molecule has 7 nitrogen and oxygen atoms in total. The maximum atomic E-state index is 13.4. The molecule has 0 radical (unpaired) electrons. The number of nitrogens with zero attached hydrogens (tertiary/aromatic N) is 3. The Labute approximate surface area is 205 Å². The molecule has 1 N–H and O–H groups in total. The molecule has 3 aromatic rings. The van der Waals surface area contributed by atoms with Crippen LogP contribution in [-0.2, 0) is 16.1 Å². The van der Waals surface area contributed by atoms with Crippen molar-refractivity contribution >= 4 is 23.1 Å². The fourth-order valence-corrected chi connectivity index (χ4v) is 4.58. The van der Waals surface area contributed by atoms with Crippen molar-refractivity contribution < 1.29 is 19.4 Å². The molecule has 0 aliphatic carbocycles. The summed E-state index contributed by atoms with van der Waals surface area (Å²) < 4.78 is 5.56. The molecule has 2 aromatic carbocycles. The molecule has 1 fully saturated rings. The van der Waals surface area contributed by atoms with Gasteiger partial charge < -0.3 is 19.6 Å². The quantitative estimate of drug-likeness (QED) is 0.326. The minimum Gasteiger partial charge on any atom is -0.507 e. The van der Waals surface area contributed by atoms with Gasteiger partial charge in [-0.05, 0) is 60.4 Å². The normalized spacial score (nSPS) is 17.1. The number of pyridine rings is 1. The molecule has 1 saturated heterocycles. The predicted molar refractivity (Wildman–Crippen MR) is 135 cm³/mol. The lowest BCUT2D eigenvalue weighted by Gasteiger charge is -2.26. The minimum atomic E-state index is -0.767. The minimum absolute atomic E-state index is 0.0415. The second-order valence-electron chi connectivity index (χ2n) is 8.94. The first-order valence-corrected chi connectivity index (χ1v) is 11.3. The number of carbonyl (C=O) groups excluding carboxylic acids is 2. The SMILES string of the molecule is COc1c(C)cc(C)cc1/C(O)=C1\C(=O)C(=O)N(Cc2cccnc2)C1c1ccc(N(C)C)cc1. The molecule has 1 aliphatic heterocycles. The fraction of sp³-hybridized carbons (Fsp3) is 0.250. The van der Waals surface area contributed by atoms with Crippen LogP contribution in [0.2, 0.25) is 0 Å². The van der Waals surface area contributed by atoms with Gasteiger partial charge in [0.05, 0.1) is 24.3 Å². The van der Waals surface area contributed by atoms with E-state index in [1.54, 1.807) is 24.5 Å². The molecule has 1 aliphatic rings. The zero-order chi connectivity index (χ0) is 25.3. The average molecular weight is 472 g/mol. The number of aryl methyl sites for hydroxylation is 2. The molecule has 1 atom stereocenters. The third-order valence-electron chi connectivity index (χ3n) is 6.22. The number of carbonyl (C=O) groups is 2. The van der Waals surface area contributed by atoms with Crippen molar-refractivity contribution in [2.75, 3.05) is 26.1 Å². The molecule has 0 bridgehead atoms. The third kappa shape index (κ3) is 4.49. The van der Waals surface area contributed by atoms with E-state index in [0.717, 1.165) is 27.9 Å². The van der Waals surface area contributed by atoms with Gasteiger partial charge in [-0.3, -0.25) is 14.6 Å². The summed E-state index contributed by atoms with van der Waals surface area (Å²) in [5.74, 6) is -1.18. The molecule has 4 rings (SSSR count). The Hall–Kier alpha value is -4.13. The van der Waals surface area contributed by atoms with E-state index in [1.807, 2.05) is 69.2 Å². The van der Waals surface area contributed by atoms with E-state index >= 15 is 0 Å². The van der Waals surface area contributed by atoms with E-state index in [2.05, 4.69) is 4.98 Å². The smallest absolute Gasteiger partial charge is 0.295 e. The van der Waals surface area contributed by atoms with Crippen LogP contribution in [-0.4, -0.2) is 47.9 Å². The molecule has 0 saturated carbocycles. The Morgan fingerprint density at radius 1 is 1.11 bits per heavy atom. The van der Waals surface area contributed by atoms with Crippen LogP contribution in [0, 0.1) is 13.8 Å². The topological polar surface area (TPSA) is 83.0 Å². The highest BCUT2D eigenvalue weighted by molar-refractivity contribution is 6.46. The van der Waals surface area contributed by atoms with Crippen LogP contribution in [0.3, 0.4) is 0 Å². The Bertz CT molecular complexity index is 1300. The zero-order valence-corrected chi connectivity index (χ0v) is 20.6. The summed E-state index contributed by atoms with van der Waals surface area (Å²) in [6.45, 7) is 3.96. The first kappa shape index (κ1) is 24.0. The Kier molecular flexibility index (Phi) is 6.60. The van der Waals surface area contributed by atoms with E-state index < -0.39 is 17.7 Å². The number of aromatic nitrogens is 1. The number of ether oxygens (including phenoxy) is 1. The molecule has 1 amide bonds. The molecule has 180 valence electrons. The highest BCUT2D eigenvalue weighted by atomic mass is 16.5. The Morgan fingerprint density at radius 3 is 2.43 bits per heavy atom. The number of hydrogen-bond acceptors (Lipinski definition) is 6. The van der Waals surface area contributed by atoms with E-state index in [-0.39, 0.29) is 17.9 Å². The fourth-order valence-electron chi connectivity index (χ4n) is 4.58. The van der Waals surface area contributed by atoms with Gasteiger partial charge in [0.25, 0.3) is 11.7 Å². The monoisotopic (exact) mass is 471 g/mol. The van der Waals surface area contributed by atoms with E-state index in [4.69, 9.17) is 4.74 Å². The number of rotatable bonds is 6. The molecule has 0 spiro atoms. The molecular formula is C28H29N3O4. The van der Waals surface area contributed by atoms with Crippen molar-refractivity contribution in [3.8, 4) is 5.75 Å². The second-order valence-corrected chi connectivity index (χ2v) is 8.94. The number of anilines is 1. The van der Waals surface area contributed by atoms with Crippen LogP contribution in [0.25, 0.3) is 5.76 Å². The lowest BCUT2D eigenvalue weighted by Crippen LogP contribution is -2.29. The standard InChI is InChI=1S/C28H29N3O4/c1-17-13-18(2)27(35-5)22(14-17)25(32)23-24(20-8-10-21(11-9-20)30(3)4)31(28(34)26(23)33)16-19-7-6-12-29-15-19/h6-15,24,32H,16H2,1-5H3/b25-23+. The van der Waals surface area contributed by atoms with Crippen LogP contribution in [0.5, 0.6) is 5.75 Å². The summed E-state index contributed by atoms with van der Waals surface area (Å²) in [6.07, 6.45) is 3.32. The number of aliphatic hydroxyl groups excluding tert-OH is 1. The summed E-state index contributed by atoms with van der Waals surface area (Å²) in [5.41, 5.74) is 4.65. The van der Waals surface area contributed by atoms with Crippen LogP contribution in [0.4, 0.5) is 5.69 Å². The van der Waals surface area contributed by atoms with Crippen molar-refractivity contribution in [3.63, 3.8) is 0 Å². The van der Waals surface area contributed by atoms with Crippen LogP contribution >= 0.6 is 0 Å². The van der Waals surface area contributed by atoms with Crippen molar-refractivity contribution in [2.24, 2.45) is 0 Å². The lowest BCUT2D eigenvalue weighted by molar-refractivity contribution is -0.140. The number of Topliss-reactive ketones (excluding diaryl/α,β-unsaturated/α-hetero) is 1. The van der Waals surface area contributed by atoms with Gasteiger partial charge >= 0.3 is 0 Å². The van der Waals surface area contributed by atoms with Gasteiger partial charge in [-0.15, -0.1) is 0 Å². The summed E-state index contributed by atoms with van der Waals surface area (Å²) in [7, 11) is 5.40. The van der Waals surface area contributed by atoms with Gasteiger partial charge in [-0.2, -0.15) is 0 Å². The average Bonchev–Trinajstić information content (AvgIpc) is 3.08. The molecule has 1 aromatic heterocycles. The first-order valence-electron chi connectivity index (χ1n) is 11.3. The summed E-state index contributed by atoms with van der Waals surface area (Å²) >= 11 is 0. The van der Waals surface area contributed by atoms with Crippen molar-refractivity contribution in [1.82, 2.24) is 9.88 Å². The Morgan fingerprint density at radius 2 is 1.83 bits per heavy atom. The number of benzene rings is 2. The van der Waals surface area contributed by atoms with Gasteiger partial charge in [-0.1, -0.05) is 24.3 Å². The number of aliphatic hydroxyl groups is 1. The maximum Gasteiger partial charge on any atom is 0.295 e. The number of hydrogen-bond donors (Lipinski definition) is 1.